The standard InChI is InChI=1S/C16H18N2O3S/c1-4-9-21-12-7-5-11(6-8-12)14-13(15(19)20-3)10(2)17-16(22)18-14/h4-8,14H,1,9H2,2-3H3,(H2,17,18,22)/t14-/m1/s1. The van der Waals surface area contributed by atoms with Crippen LogP contribution >= 0.6 is 12.2 Å². The van der Waals surface area contributed by atoms with Gasteiger partial charge >= 0.3 is 5.97 Å². The molecule has 0 aliphatic carbocycles. The molecule has 0 saturated carbocycles. The van der Waals surface area contributed by atoms with Gasteiger partial charge in [0.2, 0.25) is 0 Å². The van der Waals surface area contributed by atoms with E-state index in [9.17, 15) is 4.79 Å². The summed E-state index contributed by atoms with van der Waals surface area (Å²) < 4.78 is 10.3. The topological polar surface area (TPSA) is 59.6 Å². The molecule has 0 unspecified atom stereocenters. The van der Waals surface area contributed by atoms with Crippen LogP contribution in [0.25, 0.3) is 0 Å². The number of rotatable bonds is 5. The van der Waals surface area contributed by atoms with E-state index in [0.29, 0.717) is 23.0 Å². The Bertz CT molecular complexity index is 623. The molecular weight excluding hydrogens is 300 g/mol. The first kappa shape index (κ1) is 16.0. The third-order valence-corrected chi connectivity index (χ3v) is 3.48. The highest BCUT2D eigenvalue weighted by molar-refractivity contribution is 7.80. The zero-order chi connectivity index (χ0) is 16.1. The van der Waals surface area contributed by atoms with Crippen molar-refractivity contribution in [3.8, 4) is 5.75 Å². The number of carbonyl (C=O) groups is 1. The first-order valence-corrected chi connectivity index (χ1v) is 7.18. The Labute approximate surface area is 135 Å². The second-order valence-corrected chi connectivity index (χ2v) is 5.14. The average Bonchev–Trinajstić information content (AvgIpc) is 2.52. The van der Waals surface area contributed by atoms with Crippen molar-refractivity contribution in [3.05, 3.63) is 53.8 Å². The maximum Gasteiger partial charge on any atom is 0.337 e. The van der Waals surface area contributed by atoms with Crippen LogP contribution < -0.4 is 15.4 Å². The lowest BCUT2D eigenvalue weighted by atomic mass is 9.95. The highest BCUT2D eigenvalue weighted by atomic mass is 32.1. The largest absolute Gasteiger partial charge is 0.490 e. The second-order valence-electron chi connectivity index (χ2n) is 4.73. The van der Waals surface area contributed by atoms with E-state index in [-0.39, 0.29) is 6.04 Å². The van der Waals surface area contributed by atoms with Gasteiger partial charge in [0.25, 0.3) is 0 Å². The summed E-state index contributed by atoms with van der Waals surface area (Å²) >= 11 is 5.17. The number of ether oxygens (including phenoxy) is 2. The van der Waals surface area contributed by atoms with E-state index < -0.39 is 5.97 Å². The fraction of sp³-hybridized carbons (Fsp3) is 0.250. The fourth-order valence-corrected chi connectivity index (χ4v) is 2.51. The molecule has 1 atom stereocenters. The van der Waals surface area contributed by atoms with Gasteiger partial charge in [0, 0.05) is 5.70 Å². The lowest BCUT2D eigenvalue weighted by molar-refractivity contribution is -0.136. The van der Waals surface area contributed by atoms with E-state index in [4.69, 9.17) is 21.7 Å². The van der Waals surface area contributed by atoms with Crippen LogP contribution in [0.4, 0.5) is 0 Å². The fourth-order valence-electron chi connectivity index (χ4n) is 2.24. The number of methoxy groups -OCH3 is 1. The van der Waals surface area contributed by atoms with E-state index in [1.807, 2.05) is 24.3 Å². The molecule has 0 spiro atoms. The van der Waals surface area contributed by atoms with Gasteiger partial charge in [0.05, 0.1) is 18.7 Å². The number of esters is 1. The van der Waals surface area contributed by atoms with Gasteiger partial charge < -0.3 is 20.1 Å². The molecule has 0 amide bonds. The van der Waals surface area contributed by atoms with Gasteiger partial charge in [0.15, 0.2) is 5.11 Å². The Balaban J connectivity index is 2.31. The van der Waals surface area contributed by atoms with Crippen LogP contribution in [0, 0.1) is 0 Å². The molecule has 0 saturated heterocycles. The van der Waals surface area contributed by atoms with Crippen molar-refractivity contribution in [3.63, 3.8) is 0 Å². The van der Waals surface area contributed by atoms with Crippen LogP contribution in [0.5, 0.6) is 5.75 Å². The minimum atomic E-state index is -0.392. The number of benzene rings is 1. The van der Waals surface area contributed by atoms with Crippen molar-refractivity contribution in [2.24, 2.45) is 0 Å². The lowest BCUT2D eigenvalue weighted by Gasteiger charge is -2.29. The molecule has 1 aromatic carbocycles. The van der Waals surface area contributed by atoms with Crippen molar-refractivity contribution in [1.82, 2.24) is 10.6 Å². The van der Waals surface area contributed by atoms with Crippen molar-refractivity contribution in [1.29, 1.82) is 0 Å². The maximum absolute atomic E-state index is 12.0. The molecule has 0 radical (unpaired) electrons. The molecular formula is C16H18N2O3S. The maximum atomic E-state index is 12.0. The Morgan fingerprint density at radius 3 is 2.68 bits per heavy atom. The normalized spacial score (nSPS) is 17.4. The number of carbonyl (C=O) groups excluding carboxylic acids is 1. The molecule has 0 fully saturated rings. The minimum Gasteiger partial charge on any atom is -0.490 e. The molecule has 22 heavy (non-hydrogen) atoms. The third kappa shape index (κ3) is 3.46. The van der Waals surface area contributed by atoms with Crippen LogP contribution in [-0.4, -0.2) is 24.8 Å². The number of hydrogen-bond donors (Lipinski definition) is 2. The molecule has 2 N–H and O–H groups in total. The summed E-state index contributed by atoms with van der Waals surface area (Å²) in [5.74, 6) is 0.345. The third-order valence-electron chi connectivity index (χ3n) is 3.26. The van der Waals surface area contributed by atoms with Crippen LogP contribution in [0.1, 0.15) is 18.5 Å². The second kappa shape index (κ2) is 7.09. The van der Waals surface area contributed by atoms with E-state index >= 15 is 0 Å². The molecule has 1 aromatic rings. The van der Waals surface area contributed by atoms with E-state index in [1.54, 1.807) is 13.0 Å². The predicted molar refractivity (Wildman–Crippen MR) is 88.5 cm³/mol. The summed E-state index contributed by atoms with van der Waals surface area (Å²) in [5.41, 5.74) is 2.10. The zero-order valence-electron chi connectivity index (χ0n) is 12.5. The Hall–Kier alpha value is -2.34. The highest BCUT2D eigenvalue weighted by Gasteiger charge is 2.30. The van der Waals surface area contributed by atoms with Crippen LogP contribution in [-0.2, 0) is 9.53 Å². The van der Waals surface area contributed by atoms with E-state index in [1.165, 1.54) is 7.11 Å². The van der Waals surface area contributed by atoms with Gasteiger partial charge in [0.1, 0.15) is 12.4 Å². The number of hydrogen-bond acceptors (Lipinski definition) is 4. The summed E-state index contributed by atoms with van der Waals surface area (Å²) in [6, 6.07) is 7.11. The predicted octanol–water partition coefficient (Wildman–Crippen LogP) is 2.22. The quantitative estimate of drug-likeness (QED) is 0.493. The van der Waals surface area contributed by atoms with Gasteiger partial charge in [-0.1, -0.05) is 24.8 Å². The minimum absolute atomic E-state index is 0.352. The van der Waals surface area contributed by atoms with Crippen molar-refractivity contribution in [2.45, 2.75) is 13.0 Å². The van der Waals surface area contributed by atoms with E-state index in [2.05, 4.69) is 17.2 Å². The van der Waals surface area contributed by atoms with Gasteiger partial charge in [-0.3, -0.25) is 0 Å². The molecule has 6 heteroatoms. The average molecular weight is 318 g/mol. The van der Waals surface area contributed by atoms with Crippen molar-refractivity contribution in [2.75, 3.05) is 13.7 Å². The zero-order valence-corrected chi connectivity index (χ0v) is 13.3. The Kier molecular flexibility index (Phi) is 5.16. The molecule has 2 rings (SSSR count). The summed E-state index contributed by atoms with van der Waals surface area (Å²) in [6.07, 6.45) is 1.68. The first-order valence-electron chi connectivity index (χ1n) is 6.77. The van der Waals surface area contributed by atoms with Gasteiger partial charge in [-0.25, -0.2) is 4.79 Å². The molecule has 5 nitrogen and oxygen atoms in total. The SMILES string of the molecule is C=CCOc1ccc([C@H]2NC(=S)NC(C)=C2C(=O)OC)cc1. The van der Waals surface area contributed by atoms with E-state index in [0.717, 1.165) is 11.3 Å². The molecule has 1 aliphatic rings. The number of thiocarbonyl (C=S) groups is 1. The Morgan fingerprint density at radius 2 is 2.09 bits per heavy atom. The van der Waals surface area contributed by atoms with Gasteiger partial charge in [-0.2, -0.15) is 0 Å². The van der Waals surface area contributed by atoms with Crippen LogP contribution in [0.2, 0.25) is 0 Å². The van der Waals surface area contributed by atoms with Gasteiger partial charge in [-0.05, 0) is 36.8 Å². The molecule has 0 bridgehead atoms. The van der Waals surface area contributed by atoms with Crippen molar-refractivity contribution < 1.29 is 14.3 Å². The summed E-state index contributed by atoms with van der Waals surface area (Å²) in [7, 11) is 1.36. The smallest absolute Gasteiger partial charge is 0.337 e. The molecule has 1 aliphatic heterocycles. The molecule has 0 aromatic heterocycles. The highest BCUT2D eigenvalue weighted by Crippen LogP contribution is 2.28. The molecule has 1 heterocycles. The Morgan fingerprint density at radius 1 is 1.41 bits per heavy atom. The molecule has 116 valence electrons. The number of nitrogens with one attached hydrogen (secondary N) is 2. The lowest BCUT2D eigenvalue weighted by Crippen LogP contribution is -2.45. The monoisotopic (exact) mass is 318 g/mol. The summed E-state index contributed by atoms with van der Waals surface area (Å²) in [6.45, 7) is 5.85. The first-order chi connectivity index (χ1) is 10.6. The van der Waals surface area contributed by atoms with Crippen LogP contribution in [0.3, 0.4) is 0 Å². The van der Waals surface area contributed by atoms with Gasteiger partial charge in [-0.15, -0.1) is 0 Å². The summed E-state index contributed by atoms with van der Waals surface area (Å²) in [4.78, 5) is 12.0. The van der Waals surface area contributed by atoms with Crippen molar-refractivity contribution >= 4 is 23.3 Å². The number of allylic oxidation sites excluding steroid dienone is 1. The van der Waals surface area contributed by atoms with Crippen LogP contribution in [0.15, 0.2) is 48.2 Å². The summed E-state index contributed by atoms with van der Waals surface area (Å²) in [5, 5.41) is 6.52.